The van der Waals surface area contributed by atoms with Gasteiger partial charge in [0.05, 0.1) is 31.4 Å². The van der Waals surface area contributed by atoms with Crippen molar-refractivity contribution in [1.82, 2.24) is 4.98 Å². The van der Waals surface area contributed by atoms with Gasteiger partial charge >= 0.3 is 6.18 Å². The normalized spacial score (nSPS) is 13.4. The molecule has 0 bridgehead atoms. The van der Waals surface area contributed by atoms with Gasteiger partial charge in [-0.25, -0.2) is 17.7 Å². The molecule has 0 spiro atoms. The molecule has 1 aromatic heterocycles. The number of hydrogen-bond donors (Lipinski definition) is 0. The number of aromatic nitrogens is 1. The van der Waals surface area contributed by atoms with Gasteiger partial charge in [-0.15, -0.1) is 11.3 Å². The zero-order chi connectivity index (χ0) is 30.1. The third kappa shape index (κ3) is 6.02. The van der Waals surface area contributed by atoms with E-state index in [-0.39, 0.29) is 33.1 Å². The van der Waals surface area contributed by atoms with E-state index in [2.05, 4.69) is 4.98 Å². The molecule has 7 nitrogen and oxygen atoms in total. The summed E-state index contributed by atoms with van der Waals surface area (Å²) in [5.41, 5.74) is 1.21. The molecule has 4 aromatic rings. The SMILES string of the molecule is COc1ccc(CN(c2nccs2)S(=O)(=O)c2ccc3c(c2Oc2ccc(C(F)(F)F)cc2Cl)CCCC3)c(OC)c1. The summed E-state index contributed by atoms with van der Waals surface area (Å²) < 4.78 is 86.8. The van der Waals surface area contributed by atoms with Crippen LogP contribution in [0.25, 0.3) is 0 Å². The van der Waals surface area contributed by atoms with Crippen molar-refractivity contribution in [2.75, 3.05) is 18.5 Å². The standard InChI is InChI=1S/C29H26ClF3N2O5S2/c1-38-21-10-7-19(25(16-21)39-2)17-35(28-34-13-14-41-28)42(36,37)26-12-8-18-5-3-4-6-22(18)27(26)40-24-11-9-20(15-23(24)30)29(31,32)33/h7-16H,3-6,17H2,1-2H3. The number of aryl methyl sites for hydroxylation is 1. The molecular formula is C29H26ClF3N2O5S2. The Morgan fingerprint density at radius 3 is 2.45 bits per heavy atom. The average Bonchev–Trinajstić information content (AvgIpc) is 3.50. The molecule has 3 aromatic carbocycles. The predicted octanol–water partition coefficient (Wildman–Crippen LogP) is 7.90. The lowest BCUT2D eigenvalue weighted by Gasteiger charge is -2.27. The first-order valence-corrected chi connectivity index (χ1v) is 15.5. The molecule has 0 radical (unpaired) electrons. The van der Waals surface area contributed by atoms with Crippen molar-refractivity contribution in [3.63, 3.8) is 0 Å². The minimum atomic E-state index is -4.60. The van der Waals surface area contributed by atoms with Crippen molar-refractivity contribution >= 4 is 38.1 Å². The van der Waals surface area contributed by atoms with Crippen LogP contribution in [-0.4, -0.2) is 27.6 Å². The van der Waals surface area contributed by atoms with Gasteiger partial charge in [0.1, 0.15) is 22.1 Å². The zero-order valence-corrected chi connectivity index (χ0v) is 25.0. The molecule has 13 heteroatoms. The van der Waals surface area contributed by atoms with Crippen LogP contribution in [0.4, 0.5) is 18.3 Å². The average molecular weight is 639 g/mol. The van der Waals surface area contributed by atoms with Crippen molar-refractivity contribution in [3.8, 4) is 23.0 Å². The number of sulfonamides is 1. The Morgan fingerprint density at radius 1 is 1.00 bits per heavy atom. The summed E-state index contributed by atoms with van der Waals surface area (Å²) in [7, 11) is -1.35. The first-order valence-electron chi connectivity index (χ1n) is 12.9. The summed E-state index contributed by atoms with van der Waals surface area (Å²) in [6.07, 6.45) is -0.129. The van der Waals surface area contributed by atoms with E-state index in [1.165, 1.54) is 26.5 Å². The fourth-order valence-corrected chi connectivity index (χ4v) is 7.44. The smallest absolute Gasteiger partial charge is 0.416 e. The van der Waals surface area contributed by atoms with Crippen LogP contribution < -0.4 is 18.5 Å². The number of thiazole rings is 1. The largest absolute Gasteiger partial charge is 0.497 e. The summed E-state index contributed by atoms with van der Waals surface area (Å²) >= 11 is 7.37. The van der Waals surface area contributed by atoms with E-state index >= 15 is 0 Å². The number of anilines is 1. The maximum absolute atomic E-state index is 14.5. The second-order valence-corrected chi connectivity index (χ2v) is 12.6. The Balaban J connectivity index is 1.63. The van der Waals surface area contributed by atoms with Crippen LogP contribution in [0.5, 0.6) is 23.0 Å². The van der Waals surface area contributed by atoms with E-state index in [9.17, 15) is 21.6 Å². The van der Waals surface area contributed by atoms with Gasteiger partial charge in [0, 0.05) is 23.2 Å². The molecule has 0 amide bonds. The highest BCUT2D eigenvalue weighted by atomic mass is 35.5. The highest BCUT2D eigenvalue weighted by Crippen LogP contribution is 2.43. The minimum Gasteiger partial charge on any atom is -0.497 e. The Kier molecular flexibility index (Phi) is 8.58. The maximum atomic E-state index is 14.5. The van der Waals surface area contributed by atoms with Crippen LogP contribution in [-0.2, 0) is 35.6 Å². The molecule has 0 N–H and O–H groups in total. The van der Waals surface area contributed by atoms with Gasteiger partial charge in [-0.3, -0.25) is 0 Å². The number of alkyl halides is 3. The van der Waals surface area contributed by atoms with Gasteiger partial charge in [0.15, 0.2) is 10.9 Å². The van der Waals surface area contributed by atoms with Gasteiger partial charge in [0.2, 0.25) is 0 Å². The number of fused-ring (bicyclic) bond motifs is 1. The molecule has 5 rings (SSSR count). The summed E-state index contributed by atoms with van der Waals surface area (Å²) in [6, 6.07) is 11.0. The third-order valence-electron chi connectivity index (χ3n) is 6.92. The second-order valence-electron chi connectivity index (χ2n) is 9.49. The van der Waals surface area contributed by atoms with Crippen LogP contribution in [0, 0.1) is 0 Å². The number of benzene rings is 3. The number of nitrogens with zero attached hydrogens (tertiary/aromatic N) is 2. The van der Waals surface area contributed by atoms with Crippen LogP contribution in [0.15, 0.2) is 65.0 Å². The van der Waals surface area contributed by atoms with Gasteiger partial charge < -0.3 is 14.2 Å². The lowest BCUT2D eigenvalue weighted by Crippen LogP contribution is -2.31. The maximum Gasteiger partial charge on any atom is 0.416 e. The lowest BCUT2D eigenvalue weighted by atomic mass is 9.91. The van der Waals surface area contributed by atoms with E-state index in [4.69, 9.17) is 25.8 Å². The predicted molar refractivity (Wildman–Crippen MR) is 155 cm³/mol. The molecule has 1 aliphatic carbocycles. The number of rotatable bonds is 9. The Labute approximate surface area is 250 Å². The quantitative estimate of drug-likeness (QED) is 0.185. The Bertz CT molecular complexity index is 1700. The van der Waals surface area contributed by atoms with E-state index in [1.807, 2.05) is 0 Å². The van der Waals surface area contributed by atoms with Crippen molar-refractivity contribution < 1.29 is 35.8 Å². The van der Waals surface area contributed by atoms with E-state index in [1.54, 1.807) is 29.6 Å². The molecule has 0 aliphatic heterocycles. The van der Waals surface area contributed by atoms with Gasteiger partial charge in [-0.1, -0.05) is 17.7 Å². The van der Waals surface area contributed by atoms with Gasteiger partial charge in [0.25, 0.3) is 10.0 Å². The first-order chi connectivity index (χ1) is 20.0. The summed E-state index contributed by atoms with van der Waals surface area (Å²) in [5, 5.41) is 1.58. The van der Waals surface area contributed by atoms with Crippen molar-refractivity contribution in [2.24, 2.45) is 0 Å². The Morgan fingerprint density at radius 2 is 1.79 bits per heavy atom. The number of halogens is 4. The molecule has 0 saturated carbocycles. The Hall–Kier alpha value is -3.48. The molecule has 0 fully saturated rings. The van der Waals surface area contributed by atoms with Gasteiger partial charge in [-0.2, -0.15) is 13.2 Å². The summed E-state index contributed by atoms with van der Waals surface area (Å²) in [4.78, 5) is 4.12. The van der Waals surface area contributed by atoms with Crippen molar-refractivity contribution in [2.45, 2.75) is 43.3 Å². The van der Waals surface area contributed by atoms with E-state index < -0.39 is 21.8 Å². The second kappa shape index (κ2) is 12.0. The highest BCUT2D eigenvalue weighted by molar-refractivity contribution is 7.93. The van der Waals surface area contributed by atoms with Crippen molar-refractivity contribution in [3.05, 3.63) is 87.4 Å². The minimum absolute atomic E-state index is 0.0390. The first kappa shape index (κ1) is 30.0. The molecule has 1 heterocycles. The fraction of sp³-hybridized carbons (Fsp3) is 0.276. The van der Waals surface area contributed by atoms with Crippen LogP contribution in [0.1, 0.15) is 35.1 Å². The summed E-state index contributed by atoms with van der Waals surface area (Å²) in [5.74, 6) is 0.914. The van der Waals surface area contributed by atoms with E-state index in [0.29, 0.717) is 35.5 Å². The third-order valence-corrected chi connectivity index (χ3v) is 9.89. The molecular weight excluding hydrogens is 613 g/mol. The summed E-state index contributed by atoms with van der Waals surface area (Å²) in [6.45, 7) is -0.124. The topological polar surface area (TPSA) is 78.0 Å². The fourth-order valence-electron chi connectivity index (χ4n) is 4.81. The number of ether oxygens (including phenoxy) is 3. The molecule has 0 unspecified atom stereocenters. The number of hydrogen-bond acceptors (Lipinski definition) is 7. The van der Waals surface area contributed by atoms with Gasteiger partial charge in [-0.05, 0) is 73.2 Å². The van der Waals surface area contributed by atoms with Crippen molar-refractivity contribution in [1.29, 1.82) is 0 Å². The zero-order valence-electron chi connectivity index (χ0n) is 22.6. The molecule has 1 aliphatic rings. The molecule has 222 valence electrons. The molecule has 0 atom stereocenters. The van der Waals surface area contributed by atoms with Crippen LogP contribution >= 0.6 is 22.9 Å². The van der Waals surface area contributed by atoms with Crippen LogP contribution in [0.2, 0.25) is 5.02 Å². The molecule has 42 heavy (non-hydrogen) atoms. The highest BCUT2D eigenvalue weighted by Gasteiger charge is 2.35. The van der Waals surface area contributed by atoms with E-state index in [0.717, 1.165) is 52.2 Å². The van der Waals surface area contributed by atoms with Crippen LogP contribution in [0.3, 0.4) is 0 Å². The lowest BCUT2D eigenvalue weighted by molar-refractivity contribution is -0.137. The molecule has 0 saturated heterocycles. The monoisotopic (exact) mass is 638 g/mol. The number of methoxy groups -OCH3 is 2.